The van der Waals surface area contributed by atoms with Gasteiger partial charge in [-0.05, 0) is 41.7 Å². The highest BCUT2D eigenvalue weighted by molar-refractivity contribution is 7.13. The van der Waals surface area contributed by atoms with Crippen LogP contribution in [-0.2, 0) is 11.2 Å². The lowest BCUT2D eigenvalue weighted by atomic mass is 9.98. The Balaban J connectivity index is 0.00000205. The van der Waals surface area contributed by atoms with Crippen LogP contribution in [-0.4, -0.2) is 34.8 Å². The van der Waals surface area contributed by atoms with Crippen molar-refractivity contribution in [3.8, 4) is 0 Å². The zero-order chi connectivity index (χ0) is 19.3. The predicted molar refractivity (Wildman–Crippen MR) is 121 cm³/mol. The van der Waals surface area contributed by atoms with Crippen molar-refractivity contribution in [2.45, 2.75) is 25.4 Å². The van der Waals surface area contributed by atoms with Gasteiger partial charge in [0.05, 0.1) is 22.9 Å². The molecule has 0 aliphatic carbocycles. The molecule has 0 bridgehead atoms. The molecule has 1 fully saturated rings. The number of aromatic nitrogens is 1. The fourth-order valence-electron chi connectivity index (χ4n) is 4.35. The normalized spacial score (nSPS) is 20.2. The molecule has 0 radical (unpaired) electrons. The second-order valence-electron chi connectivity index (χ2n) is 7.45. The minimum Gasteiger partial charge on any atom is -0.325 e. The summed E-state index contributed by atoms with van der Waals surface area (Å²) in [5.41, 5.74) is 4.08. The first-order chi connectivity index (χ1) is 13.6. The Morgan fingerprint density at radius 1 is 1.31 bits per heavy atom. The molecule has 1 aromatic heterocycles. The fraction of sp³-hybridized carbons (Fsp3) is 0.333. The molecule has 2 aliphatic rings. The van der Waals surface area contributed by atoms with Gasteiger partial charge in [-0.2, -0.15) is 4.37 Å². The first-order valence-electron chi connectivity index (χ1n) is 9.55. The molecular weight excluding hydrogens is 427 g/mol. The Morgan fingerprint density at radius 2 is 2.14 bits per heavy atom. The number of hydrogen-bond acceptors (Lipinski definition) is 5. The molecule has 29 heavy (non-hydrogen) atoms. The van der Waals surface area contributed by atoms with Crippen molar-refractivity contribution in [3.05, 3.63) is 58.2 Å². The van der Waals surface area contributed by atoms with E-state index in [1.54, 1.807) is 11.5 Å². The number of carbonyl (C=O) groups is 1. The number of anilines is 1. The first-order valence-corrected chi connectivity index (χ1v) is 10.7. The van der Waals surface area contributed by atoms with Crippen LogP contribution in [0.5, 0.6) is 0 Å². The average molecular weight is 449 g/mol. The van der Waals surface area contributed by atoms with Crippen molar-refractivity contribution in [1.82, 2.24) is 14.6 Å². The predicted octanol–water partition coefficient (Wildman–Crippen LogP) is 4.57. The van der Waals surface area contributed by atoms with Crippen molar-refractivity contribution >= 4 is 57.2 Å². The number of amides is 1. The summed E-state index contributed by atoms with van der Waals surface area (Å²) >= 11 is 8.19. The van der Waals surface area contributed by atoms with E-state index in [0.717, 1.165) is 42.1 Å². The summed E-state index contributed by atoms with van der Waals surface area (Å²) < 4.78 is 6.03. The number of halogens is 2. The molecule has 3 heterocycles. The molecule has 0 spiro atoms. The lowest BCUT2D eigenvalue weighted by Crippen LogP contribution is -2.47. The lowest BCUT2D eigenvalue weighted by molar-refractivity contribution is -0.115. The van der Waals surface area contributed by atoms with Crippen LogP contribution >= 0.6 is 35.5 Å². The molecule has 1 saturated heterocycles. The van der Waals surface area contributed by atoms with Crippen LogP contribution in [0.25, 0.3) is 10.1 Å². The molecule has 0 saturated carbocycles. The van der Waals surface area contributed by atoms with Gasteiger partial charge in [0.15, 0.2) is 0 Å². The smallest absolute Gasteiger partial charge is 0.228 e. The van der Waals surface area contributed by atoms with Gasteiger partial charge >= 0.3 is 0 Å². The van der Waals surface area contributed by atoms with Crippen LogP contribution in [0.4, 0.5) is 5.69 Å². The van der Waals surface area contributed by atoms with E-state index in [2.05, 4.69) is 52.8 Å². The topological polar surface area (TPSA) is 57.3 Å². The van der Waals surface area contributed by atoms with E-state index >= 15 is 0 Å². The number of nitrogens with zero attached hydrogens (tertiary/aromatic N) is 2. The van der Waals surface area contributed by atoms with Gasteiger partial charge in [0.2, 0.25) is 5.91 Å². The van der Waals surface area contributed by atoms with Crippen molar-refractivity contribution in [3.63, 3.8) is 0 Å². The van der Waals surface area contributed by atoms with Crippen LogP contribution < -0.4 is 10.6 Å². The van der Waals surface area contributed by atoms with Crippen LogP contribution in [0.15, 0.2) is 36.4 Å². The van der Waals surface area contributed by atoms with E-state index < -0.39 is 0 Å². The van der Waals surface area contributed by atoms with Gasteiger partial charge in [-0.1, -0.05) is 35.9 Å². The summed E-state index contributed by atoms with van der Waals surface area (Å²) in [5, 5.41) is 8.33. The molecular formula is C21H22Cl2N4OS. The quantitative estimate of drug-likeness (QED) is 0.615. The summed E-state index contributed by atoms with van der Waals surface area (Å²) in [7, 11) is 0. The molecule has 5 rings (SSSR count). The van der Waals surface area contributed by atoms with Crippen LogP contribution in [0.2, 0.25) is 5.02 Å². The van der Waals surface area contributed by atoms with E-state index in [1.807, 2.05) is 6.07 Å². The van der Waals surface area contributed by atoms with Gasteiger partial charge < -0.3 is 10.6 Å². The first kappa shape index (κ1) is 20.6. The average Bonchev–Trinajstić information content (AvgIpc) is 3.29. The van der Waals surface area contributed by atoms with E-state index in [4.69, 9.17) is 16.0 Å². The number of piperazine rings is 1. The summed E-state index contributed by atoms with van der Waals surface area (Å²) in [6.45, 7) is 4.92. The zero-order valence-corrected chi connectivity index (χ0v) is 18.3. The molecule has 152 valence electrons. The monoisotopic (exact) mass is 448 g/mol. The number of benzene rings is 2. The minimum absolute atomic E-state index is 0. The lowest BCUT2D eigenvalue weighted by Gasteiger charge is -2.40. The Kier molecular flexibility index (Phi) is 5.82. The Bertz CT molecular complexity index is 1070. The molecule has 1 amide bonds. The maximum Gasteiger partial charge on any atom is 0.228 e. The highest BCUT2D eigenvalue weighted by atomic mass is 35.5. The molecule has 2 aromatic carbocycles. The van der Waals surface area contributed by atoms with Crippen molar-refractivity contribution in [2.75, 3.05) is 25.0 Å². The van der Waals surface area contributed by atoms with Crippen LogP contribution in [0.1, 0.15) is 35.8 Å². The minimum atomic E-state index is 0. The van der Waals surface area contributed by atoms with E-state index in [1.165, 1.54) is 10.1 Å². The second kappa shape index (κ2) is 8.20. The largest absolute Gasteiger partial charge is 0.325 e. The SMILES string of the molecule is CC(c1cc2c(cc1Cl)NC(=O)C2)N1CCNCC1c1nsc2ccccc12.Cl. The summed E-state index contributed by atoms with van der Waals surface area (Å²) in [5.74, 6) is 0.0323. The van der Waals surface area contributed by atoms with Gasteiger partial charge in [-0.25, -0.2) is 0 Å². The van der Waals surface area contributed by atoms with Crippen LogP contribution in [0.3, 0.4) is 0 Å². The number of fused-ring (bicyclic) bond motifs is 2. The van der Waals surface area contributed by atoms with Gasteiger partial charge in [0, 0.05) is 41.8 Å². The Labute approximate surface area is 185 Å². The number of carbonyl (C=O) groups excluding carboxylic acids is 1. The molecule has 5 nitrogen and oxygen atoms in total. The Morgan fingerprint density at radius 3 is 3.00 bits per heavy atom. The van der Waals surface area contributed by atoms with Crippen molar-refractivity contribution < 1.29 is 4.79 Å². The number of rotatable bonds is 3. The fourth-order valence-corrected chi connectivity index (χ4v) is 5.50. The molecule has 3 aromatic rings. The maximum absolute atomic E-state index is 11.7. The maximum atomic E-state index is 11.7. The second-order valence-corrected chi connectivity index (χ2v) is 8.67. The highest BCUT2D eigenvalue weighted by Gasteiger charge is 2.32. The molecule has 2 N–H and O–H groups in total. The van der Waals surface area contributed by atoms with Gasteiger partial charge in [-0.15, -0.1) is 12.4 Å². The molecule has 8 heteroatoms. The van der Waals surface area contributed by atoms with Gasteiger partial charge in [-0.3, -0.25) is 9.69 Å². The van der Waals surface area contributed by atoms with E-state index in [9.17, 15) is 4.79 Å². The standard InChI is InChI=1S/C21H21ClN4OS.ClH/c1-12(15-8-13-9-20(27)24-17(13)10-16(15)22)26-7-6-23-11-18(26)21-14-4-2-3-5-19(14)28-25-21;/h2-5,8,10,12,18,23H,6-7,9,11H2,1H3,(H,24,27);1H. The molecule has 2 unspecified atom stereocenters. The summed E-state index contributed by atoms with van der Waals surface area (Å²) in [6.07, 6.45) is 0.425. The van der Waals surface area contributed by atoms with Gasteiger partial charge in [0.25, 0.3) is 0 Å². The number of nitrogens with one attached hydrogen (secondary N) is 2. The third-order valence-corrected chi connectivity index (χ3v) is 6.97. The summed E-state index contributed by atoms with van der Waals surface area (Å²) in [6, 6.07) is 12.7. The van der Waals surface area contributed by atoms with Crippen molar-refractivity contribution in [1.29, 1.82) is 0 Å². The Hall–Kier alpha value is -1.70. The van der Waals surface area contributed by atoms with Crippen LogP contribution in [0, 0.1) is 0 Å². The third kappa shape index (κ3) is 3.64. The summed E-state index contributed by atoms with van der Waals surface area (Å²) in [4.78, 5) is 14.2. The van der Waals surface area contributed by atoms with E-state index in [-0.39, 0.29) is 30.4 Å². The zero-order valence-electron chi connectivity index (χ0n) is 15.9. The molecule has 2 atom stereocenters. The highest BCUT2D eigenvalue weighted by Crippen LogP contribution is 2.39. The van der Waals surface area contributed by atoms with Gasteiger partial charge in [0.1, 0.15) is 0 Å². The third-order valence-electron chi connectivity index (χ3n) is 5.80. The van der Waals surface area contributed by atoms with E-state index in [0.29, 0.717) is 11.4 Å². The molecule has 2 aliphatic heterocycles. The van der Waals surface area contributed by atoms with Crippen molar-refractivity contribution in [2.24, 2.45) is 0 Å². The number of hydrogen-bond donors (Lipinski definition) is 2.